The standard InChI is InChI=1S/C63H44N6/c1-3-4-30-56-42(2)64-62(68(56)45-21-7-5-8-22-45)43-36-37-49(54(40-43)63-65-55-29-15-20-35-61(55)69(63)46-23-9-6-10-24-46)44-38-47(66-57-31-16-11-25-50(57)51-26-12-17-32-58(51)66)41-48(39-44)67-59-33-18-13-27-52(59)53-28-14-19-34-60(53)67/h3-41H,1H2,2H3/b30-4-. The lowest BCUT2D eigenvalue weighted by Crippen LogP contribution is -2.03. The van der Waals surface area contributed by atoms with Crippen molar-refractivity contribution in [3.63, 3.8) is 0 Å². The summed E-state index contributed by atoms with van der Waals surface area (Å²) < 4.78 is 9.40. The highest BCUT2D eigenvalue weighted by Crippen LogP contribution is 2.43. The van der Waals surface area contributed by atoms with Crippen LogP contribution in [0.5, 0.6) is 0 Å². The van der Waals surface area contributed by atoms with E-state index in [4.69, 9.17) is 9.97 Å². The van der Waals surface area contributed by atoms with Crippen LogP contribution in [0.15, 0.2) is 237 Å². The highest BCUT2D eigenvalue weighted by atomic mass is 15.1. The summed E-state index contributed by atoms with van der Waals surface area (Å²) in [4.78, 5) is 10.9. The molecule has 0 aliphatic rings. The summed E-state index contributed by atoms with van der Waals surface area (Å²) in [7, 11) is 0. The normalized spacial score (nSPS) is 11.8. The van der Waals surface area contributed by atoms with E-state index in [9.17, 15) is 0 Å². The lowest BCUT2D eigenvalue weighted by atomic mass is 9.95. The topological polar surface area (TPSA) is 45.5 Å². The van der Waals surface area contributed by atoms with Gasteiger partial charge in [0.1, 0.15) is 11.6 Å². The summed E-state index contributed by atoms with van der Waals surface area (Å²) in [5.74, 6) is 1.67. The fourth-order valence-electron chi connectivity index (χ4n) is 10.5. The van der Waals surface area contributed by atoms with Crippen LogP contribution in [0, 0.1) is 6.92 Å². The van der Waals surface area contributed by atoms with Crippen LogP contribution in [0.1, 0.15) is 11.4 Å². The van der Waals surface area contributed by atoms with E-state index in [1.54, 1.807) is 0 Å². The molecule has 0 fully saturated rings. The first-order chi connectivity index (χ1) is 34.1. The van der Waals surface area contributed by atoms with Crippen molar-refractivity contribution in [3.05, 3.63) is 249 Å². The Kier molecular flexibility index (Phi) is 9.44. The Labute approximate surface area is 399 Å². The van der Waals surface area contributed by atoms with Crippen molar-refractivity contribution in [1.82, 2.24) is 28.2 Å². The van der Waals surface area contributed by atoms with Gasteiger partial charge < -0.3 is 9.13 Å². The van der Waals surface area contributed by atoms with Crippen LogP contribution in [0.25, 0.3) is 117 Å². The van der Waals surface area contributed by atoms with Crippen molar-refractivity contribution in [1.29, 1.82) is 0 Å². The fraction of sp³-hybridized carbons (Fsp3) is 0.0159. The summed E-state index contributed by atoms with van der Waals surface area (Å²) in [6, 6.07) is 78.3. The van der Waals surface area contributed by atoms with Crippen molar-refractivity contribution in [3.8, 4) is 56.7 Å². The minimum atomic E-state index is 0.834. The van der Waals surface area contributed by atoms with Crippen LogP contribution < -0.4 is 0 Å². The van der Waals surface area contributed by atoms with Crippen molar-refractivity contribution in [2.45, 2.75) is 6.92 Å². The molecule has 69 heavy (non-hydrogen) atoms. The average Bonchev–Trinajstić information content (AvgIpc) is 4.16. The number of aryl methyl sites for hydroxylation is 1. The van der Waals surface area contributed by atoms with Crippen LogP contribution in [0.3, 0.4) is 0 Å². The molecule has 4 aromatic heterocycles. The first-order valence-electron chi connectivity index (χ1n) is 23.4. The smallest absolute Gasteiger partial charge is 0.146 e. The van der Waals surface area contributed by atoms with E-state index in [2.05, 4.69) is 250 Å². The Hall–Kier alpha value is -9.26. The monoisotopic (exact) mass is 884 g/mol. The largest absolute Gasteiger partial charge is 0.309 e. The minimum Gasteiger partial charge on any atom is -0.309 e. The number of fused-ring (bicyclic) bond motifs is 7. The second kappa shape index (κ2) is 16.3. The zero-order valence-corrected chi connectivity index (χ0v) is 37.9. The molecule has 6 nitrogen and oxygen atoms in total. The Balaban J connectivity index is 1.15. The second-order valence-corrected chi connectivity index (χ2v) is 17.5. The van der Waals surface area contributed by atoms with Crippen LogP contribution >= 0.6 is 0 Å². The molecule has 4 heterocycles. The van der Waals surface area contributed by atoms with E-state index in [1.165, 1.54) is 21.5 Å². The number of rotatable bonds is 9. The number of hydrogen-bond donors (Lipinski definition) is 0. The Morgan fingerprint density at radius 3 is 1.39 bits per heavy atom. The molecular weight excluding hydrogens is 841 g/mol. The molecule has 0 spiro atoms. The Bertz CT molecular complexity index is 3920. The molecular formula is C63H44N6. The number of allylic oxidation sites excluding steroid dienone is 2. The minimum absolute atomic E-state index is 0.834. The van der Waals surface area contributed by atoms with Gasteiger partial charge in [-0.2, -0.15) is 0 Å². The van der Waals surface area contributed by atoms with Crippen molar-refractivity contribution in [2.24, 2.45) is 0 Å². The first-order valence-corrected chi connectivity index (χ1v) is 23.4. The summed E-state index contributed by atoms with van der Waals surface area (Å²) in [5, 5.41) is 4.85. The van der Waals surface area contributed by atoms with Gasteiger partial charge in [0.15, 0.2) is 0 Å². The molecule has 0 amide bonds. The second-order valence-electron chi connectivity index (χ2n) is 17.5. The fourth-order valence-corrected chi connectivity index (χ4v) is 10.5. The average molecular weight is 885 g/mol. The van der Waals surface area contributed by atoms with Crippen molar-refractivity contribution >= 4 is 60.7 Å². The van der Waals surface area contributed by atoms with Gasteiger partial charge in [0, 0.05) is 55.4 Å². The van der Waals surface area contributed by atoms with E-state index in [-0.39, 0.29) is 0 Å². The summed E-state index contributed by atoms with van der Waals surface area (Å²) >= 11 is 0. The summed E-state index contributed by atoms with van der Waals surface area (Å²) in [6.07, 6.45) is 5.87. The number of imidazole rings is 2. The first kappa shape index (κ1) is 40.1. The number of hydrogen-bond acceptors (Lipinski definition) is 2. The maximum absolute atomic E-state index is 5.54. The number of nitrogens with zero attached hydrogens (tertiary/aromatic N) is 6. The van der Waals surface area contributed by atoms with Gasteiger partial charge in [-0.05, 0) is 109 Å². The maximum Gasteiger partial charge on any atom is 0.146 e. The van der Waals surface area contributed by atoms with E-state index >= 15 is 0 Å². The number of para-hydroxylation sites is 8. The molecule has 0 unspecified atom stereocenters. The van der Waals surface area contributed by atoms with Crippen molar-refractivity contribution < 1.29 is 0 Å². The molecule has 0 aliphatic heterocycles. The SMILES string of the molecule is C=C/C=C\c1c(C)nc(-c2ccc(-c3cc(-n4c5ccccc5c5ccccc54)cc(-n4c5ccccc5c5ccccc54)c3)c(-c3nc4ccccc4n3-c3ccccc3)c2)n1-c1ccccc1. The predicted molar refractivity (Wildman–Crippen MR) is 287 cm³/mol. The molecule has 0 radical (unpaired) electrons. The van der Waals surface area contributed by atoms with Gasteiger partial charge in [0.2, 0.25) is 0 Å². The number of aromatic nitrogens is 6. The summed E-state index contributed by atoms with van der Waals surface area (Å²) in [6.45, 7) is 6.06. The molecule has 13 aromatic rings. The van der Waals surface area contributed by atoms with Gasteiger partial charge in [-0.1, -0.05) is 152 Å². The molecule has 13 rings (SSSR count). The van der Waals surface area contributed by atoms with Crippen LogP contribution in [-0.4, -0.2) is 28.2 Å². The molecule has 9 aromatic carbocycles. The molecule has 0 atom stereocenters. The summed E-state index contributed by atoms with van der Waals surface area (Å²) in [5.41, 5.74) is 16.6. The van der Waals surface area contributed by atoms with Gasteiger partial charge in [0.25, 0.3) is 0 Å². The quantitative estimate of drug-likeness (QED) is 0.136. The van der Waals surface area contributed by atoms with Gasteiger partial charge in [-0.3, -0.25) is 9.13 Å². The van der Waals surface area contributed by atoms with Crippen LogP contribution in [0.2, 0.25) is 0 Å². The molecule has 0 bridgehead atoms. The highest BCUT2D eigenvalue weighted by Gasteiger charge is 2.24. The molecule has 6 heteroatoms. The molecule has 0 saturated heterocycles. The third-order valence-corrected chi connectivity index (χ3v) is 13.5. The lowest BCUT2D eigenvalue weighted by Gasteiger charge is -2.19. The Morgan fingerprint density at radius 2 is 0.855 bits per heavy atom. The van der Waals surface area contributed by atoms with Gasteiger partial charge in [-0.25, -0.2) is 9.97 Å². The van der Waals surface area contributed by atoms with E-state index in [0.29, 0.717) is 0 Å². The highest BCUT2D eigenvalue weighted by molar-refractivity contribution is 6.11. The third-order valence-electron chi connectivity index (χ3n) is 13.5. The Morgan fingerprint density at radius 1 is 0.377 bits per heavy atom. The van der Waals surface area contributed by atoms with Crippen LogP contribution in [-0.2, 0) is 0 Å². The lowest BCUT2D eigenvalue weighted by molar-refractivity contribution is 1.05. The zero-order valence-electron chi connectivity index (χ0n) is 37.9. The third kappa shape index (κ3) is 6.49. The molecule has 0 aliphatic carbocycles. The van der Waals surface area contributed by atoms with E-state index in [0.717, 1.165) is 101 Å². The molecule has 0 N–H and O–H groups in total. The van der Waals surface area contributed by atoms with E-state index in [1.807, 2.05) is 18.2 Å². The predicted octanol–water partition coefficient (Wildman–Crippen LogP) is 15.9. The van der Waals surface area contributed by atoms with Gasteiger partial charge >= 0.3 is 0 Å². The van der Waals surface area contributed by atoms with Crippen molar-refractivity contribution in [2.75, 3.05) is 0 Å². The van der Waals surface area contributed by atoms with E-state index < -0.39 is 0 Å². The molecule has 326 valence electrons. The zero-order chi connectivity index (χ0) is 46.0. The molecule has 0 saturated carbocycles. The van der Waals surface area contributed by atoms with Gasteiger partial charge in [0.05, 0.1) is 44.5 Å². The van der Waals surface area contributed by atoms with Crippen LogP contribution in [0.4, 0.5) is 0 Å². The maximum atomic E-state index is 5.54. The van der Waals surface area contributed by atoms with Gasteiger partial charge in [-0.15, -0.1) is 0 Å². The number of benzene rings is 9.